The Bertz CT molecular complexity index is 748. The highest BCUT2D eigenvalue weighted by atomic mass is 31.2. The smallest absolute Gasteiger partial charge is 0.349 e. The van der Waals surface area contributed by atoms with E-state index in [-0.39, 0.29) is 25.0 Å². The van der Waals surface area contributed by atoms with Crippen LogP contribution in [-0.4, -0.2) is 47.5 Å². The van der Waals surface area contributed by atoms with Gasteiger partial charge in [0, 0.05) is 11.1 Å². The molecule has 1 amide bonds. The van der Waals surface area contributed by atoms with Crippen molar-refractivity contribution < 1.29 is 27.7 Å². The number of hydrogen-bond donors (Lipinski definition) is 0. The van der Waals surface area contributed by atoms with Crippen LogP contribution in [0, 0.1) is 0 Å². The molecule has 0 bridgehead atoms. The summed E-state index contributed by atoms with van der Waals surface area (Å²) in [5.74, 6) is -0.247. The molecule has 11 heteroatoms. The van der Waals surface area contributed by atoms with Crippen molar-refractivity contribution in [3.63, 3.8) is 0 Å². The van der Waals surface area contributed by atoms with Gasteiger partial charge in [-0.05, 0) is 38.0 Å². The molecule has 26 heavy (non-hydrogen) atoms. The Kier molecular flexibility index (Phi) is 5.00. The largest absolute Gasteiger partial charge is 0.475 e. The van der Waals surface area contributed by atoms with Crippen molar-refractivity contribution in [3.8, 4) is 0 Å². The summed E-state index contributed by atoms with van der Waals surface area (Å²) in [6.07, 6.45) is 0.468. The average molecular weight is 384 g/mol. The molecule has 0 N–H and O–H groups in total. The summed E-state index contributed by atoms with van der Waals surface area (Å²) in [5, 5.41) is 3.84. The van der Waals surface area contributed by atoms with Gasteiger partial charge < -0.3 is 4.74 Å². The Morgan fingerprint density at radius 1 is 1.58 bits per heavy atom. The molecule has 0 aliphatic carbocycles. The lowest BCUT2D eigenvalue weighted by Gasteiger charge is -2.38. The number of azide groups is 1. The van der Waals surface area contributed by atoms with Crippen LogP contribution in [0.4, 0.5) is 0 Å². The minimum Gasteiger partial charge on any atom is -0.349 e. The van der Waals surface area contributed by atoms with Crippen molar-refractivity contribution in [1.29, 1.82) is 0 Å². The summed E-state index contributed by atoms with van der Waals surface area (Å²) in [5.41, 5.74) is 8.41. The predicted molar refractivity (Wildman–Crippen MR) is 90.6 cm³/mol. The first kappa shape index (κ1) is 19.1. The van der Waals surface area contributed by atoms with Crippen LogP contribution in [0.3, 0.4) is 0 Å². The van der Waals surface area contributed by atoms with E-state index in [4.69, 9.17) is 23.8 Å². The molecule has 0 saturated carbocycles. The minimum atomic E-state index is -3.83. The van der Waals surface area contributed by atoms with Crippen LogP contribution in [0.25, 0.3) is 10.4 Å². The molecule has 0 aromatic rings. The van der Waals surface area contributed by atoms with E-state index in [9.17, 15) is 9.36 Å². The molecule has 3 aliphatic rings. The molecule has 3 rings (SSSR count). The van der Waals surface area contributed by atoms with E-state index < -0.39 is 31.8 Å². The van der Waals surface area contributed by atoms with Crippen molar-refractivity contribution in [2.24, 2.45) is 5.11 Å². The third kappa shape index (κ3) is 3.32. The fourth-order valence-electron chi connectivity index (χ4n) is 3.21. The van der Waals surface area contributed by atoms with E-state index in [0.717, 1.165) is 0 Å². The Labute approximate surface area is 151 Å². The molecular formula is C15H21N4O6P. The molecule has 2 saturated heterocycles. The number of carbonyl (C=O) groups is 1. The molecule has 5 atom stereocenters. The number of ether oxygens (including phenoxy) is 1. The zero-order valence-electron chi connectivity index (χ0n) is 14.8. The van der Waals surface area contributed by atoms with E-state index in [2.05, 4.69) is 16.6 Å². The summed E-state index contributed by atoms with van der Waals surface area (Å²) in [7, 11) is -3.83. The van der Waals surface area contributed by atoms with Gasteiger partial charge in [0.2, 0.25) is 5.91 Å². The van der Waals surface area contributed by atoms with Gasteiger partial charge in [-0.15, -0.1) is 0 Å². The number of amides is 1. The molecule has 3 heterocycles. The van der Waals surface area contributed by atoms with Crippen molar-refractivity contribution >= 4 is 13.7 Å². The molecule has 0 unspecified atom stereocenters. The summed E-state index contributed by atoms with van der Waals surface area (Å²) >= 11 is 0. The van der Waals surface area contributed by atoms with Gasteiger partial charge >= 0.3 is 7.82 Å². The molecule has 0 spiro atoms. The highest BCUT2D eigenvalue weighted by Gasteiger charge is 2.62. The molecule has 3 aliphatic heterocycles. The molecule has 0 radical (unpaired) electrons. The van der Waals surface area contributed by atoms with Crippen LogP contribution in [0.5, 0.6) is 0 Å². The summed E-state index contributed by atoms with van der Waals surface area (Å²) in [6, 6.07) is 0. The summed E-state index contributed by atoms with van der Waals surface area (Å²) < 4.78 is 34.8. The molecule has 0 aromatic carbocycles. The van der Waals surface area contributed by atoms with Crippen molar-refractivity contribution in [2.75, 3.05) is 6.61 Å². The van der Waals surface area contributed by atoms with Crippen molar-refractivity contribution in [1.82, 2.24) is 4.90 Å². The Balaban J connectivity index is 1.94. The third-order valence-corrected chi connectivity index (χ3v) is 5.98. The predicted octanol–water partition coefficient (Wildman–Crippen LogP) is 3.03. The summed E-state index contributed by atoms with van der Waals surface area (Å²) in [4.78, 5) is 16.6. The maximum absolute atomic E-state index is 12.7. The van der Waals surface area contributed by atoms with E-state index in [1.54, 1.807) is 26.8 Å². The number of hydrogen-bond acceptors (Lipinski definition) is 7. The highest BCUT2D eigenvalue weighted by molar-refractivity contribution is 7.48. The van der Waals surface area contributed by atoms with Crippen molar-refractivity contribution in [2.45, 2.75) is 57.3 Å². The second-order valence-electron chi connectivity index (χ2n) is 6.82. The van der Waals surface area contributed by atoms with Gasteiger partial charge in [-0.3, -0.25) is 23.3 Å². The average Bonchev–Trinajstić information content (AvgIpc) is 2.79. The van der Waals surface area contributed by atoms with Crippen LogP contribution < -0.4 is 0 Å². The maximum atomic E-state index is 12.7. The number of allylic oxidation sites excluding steroid dienone is 1. The first-order valence-electron chi connectivity index (χ1n) is 8.19. The van der Waals surface area contributed by atoms with Crippen LogP contribution in [0.1, 0.15) is 27.2 Å². The standard InChI is InChI=1S/C15H21N4O6P/c1-9(2)24-26(21)22-8-11-13(25-26)15(4,17-18-16)14(23-11)19-6-5-10(3)7-12(19)20/h5-6,9,11,13-14H,3,7-8H2,1-2,4H3/t11-,13-,14-,15-,26-/m1/s1. The van der Waals surface area contributed by atoms with E-state index in [1.165, 1.54) is 11.1 Å². The van der Waals surface area contributed by atoms with Gasteiger partial charge in [0.1, 0.15) is 17.7 Å². The molecule has 142 valence electrons. The van der Waals surface area contributed by atoms with Gasteiger partial charge in [-0.1, -0.05) is 11.7 Å². The molecule has 2 fully saturated rings. The number of nitrogens with zero attached hydrogens (tertiary/aromatic N) is 4. The van der Waals surface area contributed by atoms with E-state index >= 15 is 0 Å². The second kappa shape index (κ2) is 6.81. The maximum Gasteiger partial charge on any atom is 0.475 e. The van der Waals surface area contributed by atoms with Gasteiger partial charge in [-0.25, -0.2) is 4.57 Å². The van der Waals surface area contributed by atoms with Gasteiger partial charge in [0.05, 0.1) is 19.1 Å². The lowest BCUT2D eigenvalue weighted by atomic mass is 9.92. The van der Waals surface area contributed by atoms with Gasteiger partial charge in [-0.2, -0.15) is 0 Å². The number of phosphoric acid groups is 1. The highest BCUT2D eigenvalue weighted by Crippen LogP contribution is 2.59. The fourth-order valence-corrected chi connectivity index (χ4v) is 4.86. The monoisotopic (exact) mass is 384 g/mol. The lowest BCUT2D eigenvalue weighted by Crippen LogP contribution is -2.53. The van der Waals surface area contributed by atoms with E-state index in [0.29, 0.717) is 5.57 Å². The number of rotatable bonds is 4. The zero-order chi connectivity index (χ0) is 19.1. The van der Waals surface area contributed by atoms with E-state index in [1.807, 2.05) is 0 Å². The summed E-state index contributed by atoms with van der Waals surface area (Å²) in [6.45, 7) is 8.68. The van der Waals surface area contributed by atoms with Crippen molar-refractivity contribution in [3.05, 3.63) is 34.9 Å². The fraction of sp³-hybridized carbons (Fsp3) is 0.667. The number of fused-ring (bicyclic) bond motifs is 1. The first-order valence-corrected chi connectivity index (χ1v) is 9.65. The SMILES string of the molecule is C=C1C=CN([C@@H]2O[C@@H]3CO[P@](=O)(OC(C)C)O[C@H]3[C@@]2(C)N=[N+]=[N-])C(=O)C1. The van der Waals surface area contributed by atoms with Gasteiger partial charge in [0.15, 0.2) is 6.23 Å². The Morgan fingerprint density at radius 2 is 2.31 bits per heavy atom. The first-order chi connectivity index (χ1) is 12.2. The van der Waals surface area contributed by atoms with Crippen LogP contribution in [0.15, 0.2) is 29.5 Å². The van der Waals surface area contributed by atoms with Gasteiger partial charge in [0.25, 0.3) is 0 Å². The van der Waals surface area contributed by atoms with Crippen LogP contribution in [-0.2, 0) is 27.7 Å². The molecule has 0 aromatic heterocycles. The molecule has 10 nitrogen and oxygen atoms in total. The Hall–Kier alpha value is -1.67. The zero-order valence-corrected chi connectivity index (χ0v) is 15.7. The minimum absolute atomic E-state index is 0.0693. The second-order valence-corrected chi connectivity index (χ2v) is 8.39. The number of phosphoric ester groups is 1. The van der Waals surface area contributed by atoms with Crippen LogP contribution in [0.2, 0.25) is 0 Å². The topological polar surface area (TPSA) is 123 Å². The quantitative estimate of drug-likeness (QED) is 0.318. The third-order valence-electron chi connectivity index (χ3n) is 4.35. The number of carbonyl (C=O) groups excluding carboxylic acids is 1. The Morgan fingerprint density at radius 3 is 2.92 bits per heavy atom. The normalized spacial score (nSPS) is 39.8. The van der Waals surface area contributed by atoms with Crippen LogP contribution >= 0.6 is 7.82 Å². The molecular weight excluding hydrogens is 363 g/mol. The lowest BCUT2D eigenvalue weighted by molar-refractivity contribution is -0.143.